The van der Waals surface area contributed by atoms with Gasteiger partial charge in [-0.15, -0.1) is 13.2 Å². The van der Waals surface area contributed by atoms with Crippen LogP contribution in [0.25, 0.3) is 10.9 Å². The van der Waals surface area contributed by atoms with E-state index in [4.69, 9.17) is 0 Å². The van der Waals surface area contributed by atoms with Gasteiger partial charge in [0.15, 0.2) is 0 Å². The molecule has 0 aliphatic heterocycles. The van der Waals surface area contributed by atoms with Crippen LogP contribution >= 0.6 is 0 Å². The van der Waals surface area contributed by atoms with Crippen LogP contribution in [0.3, 0.4) is 0 Å². The van der Waals surface area contributed by atoms with E-state index in [-0.39, 0.29) is 10.6 Å². The van der Waals surface area contributed by atoms with Gasteiger partial charge in [0.2, 0.25) is 0 Å². The van der Waals surface area contributed by atoms with Crippen molar-refractivity contribution in [3.8, 4) is 5.75 Å². The summed E-state index contributed by atoms with van der Waals surface area (Å²) in [6.45, 7) is 2.10. The van der Waals surface area contributed by atoms with Crippen LogP contribution in [-0.4, -0.2) is 30.8 Å². The molecule has 4 rings (SSSR count). The Hall–Kier alpha value is -3.57. The Labute approximate surface area is 194 Å². The van der Waals surface area contributed by atoms with Gasteiger partial charge < -0.3 is 15.4 Å². The molecule has 0 saturated heterocycles. The second-order valence-corrected chi connectivity index (χ2v) is 9.37. The van der Waals surface area contributed by atoms with Gasteiger partial charge in [0.25, 0.3) is 10.0 Å². The first-order valence-electron chi connectivity index (χ1n) is 10.2. The van der Waals surface area contributed by atoms with Crippen molar-refractivity contribution in [1.82, 2.24) is 14.3 Å². The molecule has 2 aromatic heterocycles. The largest absolute Gasteiger partial charge is 0.573 e. The molecular formula is C23H21F3N4O3S. The van der Waals surface area contributed by atoms with Crippen LogP contribution in [0.4, 0.5) is 24.5 Å². The number of pyridine rings is 1. The Balaban J connectivity index is 1.74. The van der Waals surface area contributed by atoms with Gasteiger partial charge in [0, 0.05) is 41.9 Å². The number of hydrogen-bond acceptors (Lipinski definition) is 6. The summed E-state index contributed by atoms with van der Waals surface area (Å²) < 4.78 is 69.3. The Morgan fingerprint density at radius 3 is 2.56 bits per heavy atom. The molecule has 2 heterocycles. The van der Waals surface area contributed by atoms with Gasteiger partial charge in [0.05, 0.1) is 5.52 Å². The number of halogens is 3. The number of aryl methyl sites for hydroxylation is 1. The highest BCUT2D eigenvalue weighted by molar-refractivity contribution is 7.90. The smallest absolute Gasteiger partial charge is 0.406 e. The average Bonchev–Trinajstić information content (AvgIpc) is 3.14. The lowest BCUT2D eigenvalue weighted by Crippen LogP contribution is -2.17. The normalized spacial score (nSPS) is 12.1. The summed E-state index contributed by atoms with van der Waals surface area (Å²) in [5, 5.41) is 6.93. The second kappa shape index (κ2) is 8.99. The van der Waals surface area contributed by atoms with Gasteiger partial charge in [-0.1, -0.05) is 6.07 Å². The summed E-state index contributed by atoms with van der Waals surface area (Å²) in [5.41, 5.74) is 2.89. The number of benzene rings is 2. The van der Waals surface area contributed by atoms with Gasteiger partial charge in [-0.05, 0) is 67.6 Å². The van der Waals surface area contributed by atoms with Crippen molar-refractivity contribution in [1.29, 1.82) is 0 Å². The number of aromatic nitrogens is 2. The molecule has 0 atom stereocenters. The predicted molar refractivity (Wildman–Crippen MR) is 123 cm³/mol. The monoisotopic (exact) mass is 490 g/mol. The van der Waals surface area contributed by atoms with Crippen molar-refractivity contribution in [3.63, 3.8) is 0 Å². The molecule has 34 heavy (non-hydrogen) atoms. The summed E-state index contributed by atoms with van der Waals surface area (Å²) in [6, 6.07) is 12.2. The maximum absolute atomic E-state index is 13.3. The summed E-state index contributed by atoms with van der Waals surface area (Å²) in [4.78, 5) is 3.97. The molecule has 7 nitrogen and oxygen atoms in total. The Kier molecular flexibility index (Phi) is 6.24. The zero-order valence-electron chi connectivity index (χ0n) is 18.2. The highest BCUT2D eigenvalue weighted by Crippen LogP contribution is 2.32. The van der Waals surface area contributed by atoms with Crippen molar-refractivity contribution in [3.05, 3.63) is 78.2 Å². The van der Waals surface area contributed by atoms with Crippen molar-refractivity contribution in [2.75, 3.05) is 12.4 Å². The number of nitrogens with zero attached hydrogens (tertiary/aromatic N) is 2. The number of nitrogens with one attached hydrogen (secondary N) is 2. The lowest BCUT2D eigenvalue weighted by Gasteiger charge is -2.14. The highest BCUT2D eigenvalue weighted by Gasteiger charge is 2.31. The van der Waals surface area contributed by atoms with Crippen LogP contribution in [0.15, 0.2) is 72.0 Å². The van der Waals surface area contributed by atoms with Gasteiger partial charge in [-0.25, -0.2) is 12.4 Å². The molecule has 0 unspecified atom stereocenters. The third-order valence-corrected chi connectivity index (χ3v) is 6.78. The minimum absolute atomic E-state index is 0.0531. The van der Waals surface area contributed by atoms with Crippen molar-refractivity contribution >= 4 is 32.3 Å². The molecule has 0 saturated carbocycles. The van der Waals surface area contributed by atoms with E-state index in [0.29, 0.717) is 29.0 Å². The topological polar surface area (TPSA) is 85.2 Å². The first-order chi connectivity index (χ1) is 16.1. The van der Waals surface area contributed by atoms with E-state index in [1.165, 1.54) is 40.6 Å². The first kappa shape index (κ1) is 23.6. The highest BCUT2D eigenvalue weighted by atomic mass is 32.2. The maximum Gasteiger partial charge on any atom is 0.573 e. The van der Waals surface area contributed by atoms with Gasteiger partial charge >= 0.3 is 6.36 Å². The minimum atomic E-state index is -4.78. The predicted octanol–water partition coefficient (Wildman–Crippen LogP) is 4.94. The van der Waals surface area contributed by atoms with Crippen molar-refractivity contribution in [2.45, 2.75) is 24.7 Å². The number of anilines is 2. The Morgan fingerprint density at radius 2 is 1.91 bits per heavy atom. The van der Waals surface area contributed by atoms with Crippen LogP contribution in [0.2, 0.25) is 0 Å². The molecule has 2 N–H and O–H groups in total. The zero-order chi connectivity index (χ0) is 24.5. The summed E-state index contributed by atoms with van der Waals surface area (Å²) in [6.07, 6.45) is -0.423. The zero-order valence-corrected chi connectivity index (χ0v) is 19.0. The van der Waals surface area contributed by atoms with Crippen LogP contribution in [-0.2, 0) is 16.6 Å². The lowest BCUT2D eigenvalue weighted by molar-refractivity contribution is -0.274. The number of fused-ring (bicyclic) bond motifs is 1. The number of alkyl halides is 3. The van der Waals surface area contributed by atoms with Crippen molar-refractivity contribution < 1.29 is 26.3 Å². The summed E-state index contributed by atoms with van der Waals surface area (Å²) in [5.74, 6) is -0.320. The first-order valence-corrected chi connectivity index (χ1v) is 11.6. The van der Waals surface area contributed by atoms with E-state index in [2.05, 4.69) is 20.4 Å². The van der Waals surface area contributed by atoms with Crippen molar-refractivity contribution in [2.24, 2.45) is 0 Å². The molecule has 0 fully saturated rings. The quantitative estimate of drug-likeness (QED) is 0.382. The van der Waals surface area contributed by atoms with Crippen LogP contribution in [0, 0.1) is 6.92 Å². The Bertz CT molecular complexity index is 1440. The van der Waals surface area contributed by atoms with Gasteiger partial charge in [-0.2, -0.15) is 0 Å². The third-order valence-electron chi connectivity index (χ3n) is 5.12. The molecule has 11 heteroatoms. The van der Waals surface area contributed by atoms with E-state index in [9.17, 15) is 21.6 Å². The fourth-order valence-electron chi connectivity index (χ4n) is 3.62. The molecular weight excluding hydrogens is 469 g/mol. The van der Waals surface area contributed by atoms with E-state index < -0.39 is 16.4 Å². The molecule has 0 aliphatic rings. The molecule has 0 bridgehead atoms. The lowest BCUT2D eigenvalue weighted by atomic mass is 10.1. The number of ether oxygens (including phenoxy) is 1. The minimum Gasteiger partial charge on any atom is -0.406 e. The standard InChI is InChI=1S/C23H21F3N4O3S/c1-15-10-18(33-23(24,25)26)6-8-21(15)29-17-5-7-20-16(12-27-2)14-30(22(20)11-17)34(31,32)19-4-3-9-28-13-19/h3-11,13-14,27,29H,12H2,1-2H3. The molecule has 0 spiro atoms. The van der Waals surface area contributed by atoms with Crippen LogP contribution in [0.1, 0.15) is 11.1 Å². The third kappa shape index (κ3) is 4.85. The summed E-state index contributed by atoms with van der Waals surface area (Å²) in [7, 11) is -2.14. The molecule has 4 aromatic rings. The molecule has 0 amide bonds. The van der Waals surface area contributed by atoms with E-state index >= 15 is 0 Å². The molecule has 2 aromatic carbocycles. The van der Waals surface area contributed by atoms with E-state index in [1.807, 2.05) is 0 Å². The number of rotatable bonds is 7. The fraction of sp³-hybridized carbons (Fsp3) is 0.174. The van der Waals surface area contributed by atoms with Gasteiger partial charge in [0.1, 0.15) is 10.6 Å². The number of hydrogen-bond donors (Lipinski definition) is 2. The Morgan fingerprint density at radius 1 is 1.12 bits per heavy atom. The van der Waals surface area contributed by atoms with Crippen LogP contribution in [0.5, 0.6) is 5.75 Å². The summed E-state index contributed by atoms with van der Waals surface area (Å²) >= 11 is 0. The molecule has 178 valence electrons. The maximum atomic E-state index is 13.3. The molecule has 0 aliphatic carbocycles. The van der Waals surface area contributed by atoms with Gasteiger partial charge in [-0.3, -0.25) is 4.98 Å². The van der Waals surface area contributed by atoms with E-state index in [1.54, 1.807) is 44.4 Å². The molecule has 0 radical (unpaired) electrons. The van der Waals surface area contributed by atoms with E-state index in [0.717, 1.165) is 10.9 Å². The fourth-order valence-corrected chi connectivity index (χ4v) is 4.96. The SMILES string of the molecule is CNCc1cn(S(=O)(=O)c2cccnc2)c2cc(Nc3ccc(OC(F)(F)F)cc3C)ccc12. The second-order valence-electron chi connectivity index (χ2n) is 7.56. The van der Waals surface area contributed by atoms with Crippen LogP contribution < -0.4 is 15.4 Å². The average molecular weight is 491 g/mol.